The van der Waals surface area contributed by atoms with Gasteiger partial charge in [-0.2, -0.15) is 4.31 Å². The molecule has 0 radical (unpaired) electrons. The normalized spacial score (nSPS) is 19.2. The number of benzene rings is 1. The molecule has 1 aliphatic heterocycles. The molecule has 1 aliphatic rings. The molecular formula is C27H40N4O6S2. The molecule has 0 spiro atoms. The molecule has 2 amide bonds. The molecule has 3 rings (SSSR count). The summed E-state index contributed by atoms with van der Waals surface area (Å²) in [6, 6.07) is 8.02. The molecule has 216 valence electrons. The van der Waals surface area contributed by atoms with Gasteiger partial charge in [0.05, 0.1) is 25.6 Å². The van der Waals surface area contributed by atoms with Crippen LogP contribution in [0, 0.1) is 5.92 Å². The molecule has 0 bridgehead atoms. The Morgan fingerprint density at radius 1 is 1.28 bits per heavy atom. The largest absolute Gasteiger partial charge is 0.488 e. The SMILES string of the molecule is C[C@H](CO)N1C[C@H](C)[C@@H](CN(C)S(=O)(=O)c2cccs2)Oc2ccc(NC(=O)CCCN(C)C)cc2CC1=O. The van der Waals surface area contributed by atoms with Crippen LogP contribution in [0.25, 0.3) is 0 Å². The molecule has 2 N–H and O–H groups in total. The number of rotatable bonds is 11. The molecule has 39 heavy (non-hydrogen) atoms. The minimum absolute atomic E-state index is 0.0206. The van der Waals surface area contributed by atoms with Crippen molar-refractivity contribution >= 4 is 38.9 Å². The summed E-state index contributed by atoms with van der Waals surface area (Å²) in [6.45, 7) is 4.65. The fourth-order valence-electron chi connectivity index (χ4n) is 4.42. The Hall–Kier alpha value is -2.51. The number of carbonyl (C=O) groups excluding carboxylic acids is 2. The maximum Gasteiger partial charge on any atom is 0.252 e. The van der Waals surface area contributed by atoms with Gasteiger partial charge in [-0.3, -0.25) is 9.59 Å². The smallest absolute Gasteiger partial charge is 0.252 e. The van der Waals surface area contributed by atoms with E-state index in [1.807, 2.05) is 25.9 Å². The zero-order valence-corrected chi connectivity index (χ0v) is 24.9. The van der Waals surface area contributed by atoms with Gasteiger partial charge in [0.25, 0.3) is 10.0 Å². The lowest BCUT2D eigenvalue weighted by Gasteiger charge is -2.33. The third-order valence-corrected chi connectivity index (χ3v) is 10.0. The van der Waals surface area contributed by atoms with E-state index in [4.69, 9.17) is 4.74 Å². The number of likely N-dealkylation sites (N-methyl/N-ethyl adjacent to an activating group) is 1. The van der Waals surface area contributed by atoms with Gasteiger partial charge in [0, 0.05) is 37.2 Å². The van der Waals surface area contributed by atoms with Crippen LogP contribution in [0.15, 0.2) is 39.9 Å². The Labute approximate surface area is 235 Å². The summed E-state index contributed by atoms with van der Waals surface area (Å²) in [5.74, 6) is -0.0744. The number of aliphatic hydroxyl groups excluding tert-OH is 1. The van der Waals surface area contributed by atoms with E-state index in [-0.39, 0.29) is 41.5 Å². The molecule has 0 fully saturated rings. The van der Waals surface area contributed by atoms with E-state index < -0.39 is 22.2 Å². The fraction of sp³-hybridized carbons (Fsp3) is 0.556. The number of carbonyl (C=O) groups is 2. The van der Waals surface area contributed by atoms with Crippen molar-refractivity contribution < 1.29 is 27.9 Å². The summed E-state index contributed by atoms with van der Waals surface area (Å²) >= 11 is 1.15. The lowest BCUT2D eigenvalue weighted by Crippen LogP contribution is -2.48. The summed E-state index contributed by atoms with van der Waals surface area (Å²) in [7, 11) is 1.73. The highest BCUT2D eigenvalue weighted by Gasteiger charge is 2.33. The number of thiophene rings is 1. The summed E-state index contributed by atoms with van der Waals surface area (Å²) in [6.07, 6.45) is 0.541. The van der Waals surface area contributed by atoms with Crippen LogP contribution in [0.5, 0.6) is 5.75 Å². The molecule has 3 atom stereocenters. The Morgan fingerprint density at radius 2 is 2.03 bits per heavy atom. The number of hydrogen-bond acceptors (Lipinski definition) is 8. The van der Waals surface area contributed by atoms with E-state index in [1.54, 1.807) is 47.5 Å². The van der Waals surface area contributed by atoms with Crippen LogP contribution in [-0.4, -0.2) is 99.0 Å². The summed E-state index contributed by atoms with van der Waals surface area (Å²) in [5, 5.41) is 14.4. The molecule has 1 aromatic heterocycles. The maximum absolute atomic E-state index is 13.4. The first-order valence-corrected chi connectivity index (χ1v) is 15.4. The first-order chi connectivity index (χ1) is 18.4. The number of anilines is 1. The fourth-order valence-corrected chi connectivity index (χ4v) is 6.80. The van der Waals surface area contributed by atoms with Crippen molar-refractivity contribution in [3.05, 3.63) is 41.3 Å². The molecule has 1 aromatic carbocycles. The maximum atomic E-state index is 13.4. The van der Waals surface area contributed by atoms with Crippen molar-refractivity contribution in [1.82, 2.24) is 14.1 Å². The van der Waals surface area contributed by atoms with Crippen LogP contribution >= 0.6 is 11.3 Å². The van der Waals surface area contributed by atoms with E-state index in [0.717, 1.165) is 24.3 Å². The van der Waals surface area contributed by atoms with Gasteiger partial charge >= 0.3 is 0 Å². The zero-order valence-electron chi connectivity index (χ0n) is 23.3. The van der Waals surface area contributed by atoms with Gasteiger partial charge in [0.15, 0.2) is 0 Å². The topological polar surface area (TPSA) is 119 Å². The van der Waals surface area contributed by atoms with E-state index in [2.05, 4.69) is 5.32 Å². The van der Waals surface area contributed by atoms with Crippen LogP contribution in [0.3, 0.4) is 0 Å². The van der Waals surface area contributed by atoms with Crippen LogP contribution in [0.2, 0.25) is 0 Å². The second kappa shape index (κ2) is 13.7. The van der Waals surface area contributed by atoms with Crippen molar-refractivity contribution in [3.8, 4) is 5.75 Å². The molecular weight excluding hydrogens is 540 g/mol. The van der Waals surface area contributed by atoms with Crippen LogP contribution in [0.4, 0.5) is 5.69 Å². The standard InChI is InChI=1S/C27H40N4O6S2/c1-19-16-31(20(2)18-32)26(34)15-21-14-22(28-25(33)8-6-12-29(3)4)10-11-23(21)37-24(19)17-30(5)39(35,36)27-9-7-13-38-27/h7,9-11,13-14,19-20,24,32H,6,8,12,15-18H2,1-5H3,(H,28,33)/t19-,20+,24+/m0/s1. The second-order valence-electron chi connectivity index (χ2n) is 10.4. The number of nitrogens with zero attached hydrogens (tertiary/aromatic N) is 3. The molecule has 2 aromatic rings. The molecule has 12 heteroatoms. The zero-order chi connectivity index (χ0) is 28.7. The van der Waals surface area contributed by atoms with Gasteiger partial charge in [0.2, 0.25) is 11.8 Å². The molecule has 0 saturated heterocycles. The van der Waals surface area contributed by atoms with Gasteiger partial charge in [-0.15, -0.1) is 11.3 Å². The summed E-state index contributed by atoms with van der Waals surface area (Å²) < 4.78 is 34.2. The van der Waals surface area contributed by atoms with Crippen molar-refractivity contribution in [2.24, 2.45) is 5.92 Å². The number of amides is 2. The molecule has 0 unspecified atom stereocenters. The molecule has 0 saturated carbocycles. The Balaban J connectivity index is 1.89. The first kappa shape index (κ1) is 31.0. The molecule has 0 aliphatic carbocycles. The predicted octanol–water partition coefficient (Wildman–Crippen LogP) is 2.50. The third-order valence-electron chi connectivity index (χ3n) is 6.81. The number of sulfonamides is 1. The Bertz CT molecular complexity index is 1220. The van der Waals surface area contributed by atoms with E-state index in [1.165, 1.54) is 11.4 Å². The van der Waals surface area contributed by atoms with Crippen LogP contribution in [-0.2, 0) is 26.0 Å². The number of fused-ring (bicyclic) bond motifs is 1. The van der Waals surface area contributed by atoms with Crippen molar-refractivity contribution in [2.45, 2.75) is 49.5 Å². The number of nitrogens with one attached hydrogen (secondary N) is 1. The number of aliphatic hydroxyl groups is 1. The van der Waals surface area contributed by atoms with Gasteiger partial charge in [-0.1, -0.05) is 13.0 Å². The predicted molar refractivity (Wildman–Crippen MR) is 153 cm³/mol. The van der Waals surface area contributed by atoms with Gasteiger partial charge in [-0.05, 0) is 63.6 Å². The highest BCUT2D eigenvalue weighted by atomic mass is 32.2. The van der Waals surface area contributed by atoms with Gasteiger partial charge < -0.3 is 25.0 Å². The lowest BCUT2D eigenvalue weighted by atomic mass is 10.0. The highest BCUT2D eigenvalue weighted by Crippen LogP contribution is 2.30. The quantitative estimate of drug-likeness (QED) is 0.419. The van der Waals surface area contributed by atoms with Crippen molar-refractivity contribution in [1.29, 1.82) is 0 Å². The Kier molecular flexibility index (Phi) is 10.9. The Morgan fingerprint density at radius 3 is 2.67 bits per heavy atom. The average molecular weight is 581 g/mol. The monoisotopic (exact) mass is 580 g/mol. The minimum Gasteiger partial charge on any atom is -0.488 e. The van der Waals surface area contributed by atoms with Crippen molar-refractivity contribution in [3.63, 3.8) is 0 Å². The van der Waals surface area contributed by atoms with Crippen LogP contribution < -0.4 is 10.1 Å². The summed E-state index contributed by atoms with van der Waals surface area (Å²) in [5.41, 5.74) is 1.15. The average Bonchev–Trinajstić information content (AvgIpc) is 3.43. The van der Waals surface area contributed by atoms with E-state index in [0.29, 0.717) is 30.0 Å². The summed E-state index contributed by atoms with van der Waals surface area (Å²) in [4.78, 5) is 29.5. The number of hydrogen-bond donors (Lipinski definition) is 2. The lowest BCUT2D eigenvalue weighted by molar-refractivity contribution is -0.134. The van der Waals surface area contributed by atoms with Crippen LogP contribution in [0.1, 0.15) is 32.3 Å². The van der Waals surface area contributed by atoms with Gasteiger partial charge in [0.1, 0.15) is 16.1 Å². The minimum atomic E-state index is -3.70. The van der Waals surface area contributed by atoms with Gasteiger partial charge in [-0.25, -0.2) is 8.42 Å². The third kappa shape index (κ3) is 8.24. The molecule has 2 heterocycles. The first-order valence-electron chi connectivity index (χ1n) is 13.1. The van der Waals surface area contributed by atoms with E-state index in [9.17, 15) is 23.1 Å². The second-order valence-corrected chi connectivity index (χ2v) is 13.6. The number of ether oxygens (including phenoxy) is 1. The van der Waals surface area contributed by atoms with Crippen molar-refractivity contribution in [2.75, 3.05) is 52.7 Å². The molecule has 10 nitrogen and oxygen atoms in total. The highest BCUT2D eigenvalue weighted by molar-refractivity contribution is 7.91. The van der Waals surface area contributed by atoms with E-state index >= 15 is 0 Å².